The summed E-state index contributed by atoms with van der Waals surface area (Å²) in [5.74, 6) is -0.214. The summed E-state index contributed by atoms with van der Waals surface area (Å²) in [7, 11) is 2.86. The number of aromatic nitrogens is 2. The third kappa shape index (κ3) is 3.43. The van der Waals surface area contributed by atoms with Crippen LogP contribution in [-0.4, -0.2) is 41.9 Å². The minimum absolute atomic E-state index is 0.214. The lowest BCUT2D eigenvalue weighted by Gasteiger charge is -2.10. The maximum atomic E-state index is 12.0. The van der Waals surface area contributed by atoms with Crippen LogP contribution in [0.15, 0.2) is 36.5 Å². The summed E-state index contributed by atoms with van der Waals surface area (Å²) in [5, 5.41) is 6.71. The van der Waals surface area contributed by atoms with Gasteiger partial charge in [-0.15, -0.1) is 0 Å². The largest absolute Gasteiger partial charge is 0.497 e. The van der Waals surface area contributed by atoms with E-state index in [9.17, 15) is 9.59 Å². The van der Waals surface area contributed by atoms with Gasteiger partial charge in [-0.3, -0.25) is 4.79 Å². The van der Waals surface area contributed by atoms with Gasteiger partial charge in [-0.05, 0) is 37.3 Å². The van der Waals surface area contributed by atoms with Gasteiger partial charge in [0, 0.05) is 6.20 Å². The standard InChI is InChI=1S/C15H17N3O4/c1-10(15(20)22-3)16-14(19)13-8-9-18(17-13)11-4-6-12(21-2)7-5-11/h4-10H,1-3H3,(H,16,19)/t10-/m0/s1. The van der Waals surface area contributed by atoms with E-state index in [0.29, 0.717) is 0 Å². The Bertz CT molecular complexity index is 664. The van der Waals surface area contributed by atoms with Crippen molar-refractivity contribution in [2.45, 2.75) is 13.0 Å². The number of nitrogens with one attached hydrogen (secondary N) is 1. The average molecular weight is 303 g/mol. The summed E-state index contributed by atoms with van der Waals surface area (Å²) in [6.07, 6.45) is 1.67. The molecule has 0 bridgehead atoms. The van der Waals surface area contributed by atoms with E-state index in [1.54, 1.807) is 43.1 Å². The molecule has 0 saturated carbocycles. The summed E-state index contributed by atoms with van der Waals surface area (Å²) in [6, 6.07) is 8.09. The number of hydrogen-bond donors (Lipinski definition) is 1. The monoisotopic (exact) mass is 303 g/mol. The molecule has 0 radical (unpaired) electrons. The highest BCUT2D eigenvalue weighted by molar-refractivity contribution is 5.95. The molecule has 1 amide bonds. The van der Waals surface area contributed by atoms with Crippen molar-refractivity contribution in [3.05, 3.63) is 42.2 Å². The summed E-state index contributed by atoms with van der Waals surface area (Å²) in [4.78, 5) is 23.3. The van der Waals surface area contributed by atoms with Gasteiger partial charge in [0.1, 0.15) is 11.8 Å². The smallest absolute Gasteiger partial charge is 0.328 e. The molecule has 2 rings (SSSR count). The Kier molecular flexibility index (Phi) is 4.77. The van der Waals surface area contributed by atoms with E-state index in [-0.39, 0.29) is 5.69 Å². The van der Waals surface area contributed by atoms with Gasteiger partial charge >= 0.3 is 5.97 Å². The number of esters is 1. The molecule has 22 heavy (non-hydrogen) atoms. The van der Waals surface area contributed by atoms with Crippen molar-refractivity contribution in [3.8, 4) is 11.4 Å². The molecule has 0 aliphatic rings. The Morgan fingerprint density at radius 1 is 1.18 bits per heavy atom. The van der Waals surface area contributed by atoms with E-state index < -0.39 is 17.9 Å². The van der Waals surface area contributed by atoms with Crippen LogP contribution in [0.4, 0.5) is 0 Å². The molecule has 1 aromatic carbocycles. The summed E-state index contributed by atoms with van der Waals surface area (Å²) < 4.78 is 11.2. The number of carbonyl (C=O) groups is 2. The van der Waals surface area contributed by atoms with Crippen molar-refractivity contribution in [1.29, 1.82) is 0 Å². The molecule has 0 aliphatic heterocycles. The zero-order valence-corrected chi connectivity index (χ0v) is 12.6. The van der Waals surface area contributed by atoms with E-state index >= 15 is 0 Å². The predicted octanol–water partition coefficient (Wildman–Crippen LogP) is 1.17. The molecule has 116 valence electrons. The van der Waals surface area contributed by atoms with Gasteiger partial charge in [0.15, 0.2) is 5.69 Å². The van der Waals surface area contributed by atoms with Crippen LogP contribution in [0.2, 0.25) is 0 Å². The Morgan fingerprint density at radius 3 is 2.45 bits per heavy atom. The zero-order valence-electron chi connectivity index (χ0n) is 12.6. The number of hydrogen-bond acceptors (Lipinski definition) is 5. The van der Waals surface area contributed by atoms with Crippen molar-refractivity contribution >= 4 is 11.9 Å². The number of methoxy groups -OCH3 is 2. The Hall–Kier alpha value is -2.83. The summed E-state index contributed by atoms with van der Waals surface area (Å²) in [6.45, 7) is 1.55. The van der Waals surface area contributed by atoms with Crippen LogP contribution in [0.3, 0.4) is 0 Å². The molecule has 7 heteroatoms. The van der Waals surface area contributed by atoms with Crippen molar-refractivity contribution in [2.75, 3.05) is 14.2 Å². The van der Waals surface area contributed by atoms with Crippen LogP contribution in [-0.2, 0) is 9.53 Å². The fraction of sp³-hybridized carbons (Fsp3) is 0.267. The van der Waals surface area contributed by atoms with Gasteiger partial charge in [0.25, 0.3) is 5.91 Å². The fourth-order valence-corrected chi connectivity index (χ4v) is 1.83. The molecule has 1 heterocycles. The topological polar surface area (TPSA) is 82.5 Å². The molecular weight excluding hydrogens is 286 g/mol. The number of benzene rings is 1. The highest BCUT2D eigenvalue weighted by Crippen LogP contribution is 2.14. The van der Waals surface area contributed by atoms with E-state index in [4.69, 9.17) is 4.74 Å². The van der Waals surface area contributed by atoms with Crippen LogP contribution in [0.5, 0.6) is 5.75 Å². The predicted molar refractivity (Wildman–Crippen MR) is 79.1 cm³/mol. The first-order valence-electron chi connectivity index (χ1n) is 6.64. The molecule has 1 aromatic heterocycles. The minimum Gasteiger partial charge on any atom is -0.497 e. The lowest BCUT2D eigenvalue weighted by molar-refractivity contribution is -0.142. The first-order chi connectivity index (χ1) is 10.5. The molecule has 1 N–H and O–H groups in total. The van der Waals surface area contributed by atoms with Crippen LogP contribution in [0, 0.1) is 0 Å². The zero-order chi connectivity index (χ0) is 16.1. The molecule has 0 aliphatic carbocycles. The molecular formula is C15H17N3O4. The number of nitrogens with zero attached hydrogens (tertiary/aromatic N) is 2. The minimum atomic E-state index is -0.733. The maximum Gasteiger partial charge on any atom is 0.328 e. The summed E-state index contributed by atoms with van der Waals surface area (Å²) >= 11 is 0. The number of amides is 1. The summed E-state index contributed by atoms with van der Waals surface area (Å²) in [5.41, 5.74) is 1.01. The molecule has 7 nitrogen and oxygen atoms in total. The van der Waals surface area contributed by atoms with Gasteiger partial charge in [-0.2, -0.15) is 5.10 Å². The van der Waals surface area contributed by atoms with Gasteiger partial charge in [0.2, 0.25) is 0 Å². The number of carbonyl (C=O) groups excluding carboxylic acids is 2. The SMILES string of the molecule is COC(=O)[C@H](C)NC(=O)c1ccn(-c2ccc(OC)cc2)n1. The molecule has 0 fully saturated rings. The van der Waals surface area contributed by atoms with Crippen molar-refractivity contribution < 1.29 is 19.1 Å². The first-order valence-corrected chi connectivity index (χ1v) is 6.64. The van der Waals surface area contributed by atoms with Crippen LogP contribution < -0.4 is 10.1 Å². The highest BCUT2D eigenvalue weighted by atomic mass is 16.5. The third-order valence-electron chi connectivity index (χ3n) is 3.06. The first kappa shape index (κ1) is 15.6. The van der Waals surface area contributed by atoms with Crippen molar-refractivity contribution in [2.24, 2.45) is 0 Å². The average Bonchev–Trinajstić information content (AvgIpc) is 3.04. The Labute approximate surface area is 127 Å². The van der Waals surface area contributed by atoms with E-state index in [1.165, 1.54) is 7.11 Å². The Morgan fingerprint density at radius 2 is 1.86 bits per heavy atom. The molecule has 0 saturated heterocycles. The van der Waals surface area contributed by atoms with Gasteiger partial charge in [0.05, 0.1) is 19.9 Å². The van der Waals surface area contributed by atoms with Crippen molar-refractivity contribution in [3.63, 3.8) is 0 Å². The Balaban J connectivity index is 2.10. The van der Waals surface area contributed by atoms with Gasteiger partial charge < -0.3 is 14.8 Å². The number of rotatable bonds is 5. The second kappa shape index (κ2) is 6.75. The quantitative estimate of drug-likeness (QED) is 0.839. The van der Waals surface area contributed by atoms with Crippen LogP contribution >= 0.6 is 0 Å². The lowest BCUT2D eigenvalue weighted by Crippen LogP contribution is -2.39. The van der Waals surface area contributed by atoms with E-state index in [1.807, 2.05) is 12.1 Å². The molecule has 0 unspecified atom stereocenters. The van der Waals surface area contributed by atoms with Crippen LogP contribution in [0.1, 0.15) is 17.4 Å². The normalized spacial score (nSPS) is 11.6. The van der Waals surface area contributed by atoms with Gasteiger partial charge in [-0.25, -0.2) is 9.48 Å². The fourth-order valence-electron chi connectivity index (χ4n) is 1.83. The highest BCUT2D eigenvalue weighted by Gasteiger charge is 2.18. The van der Waals surface area contributed by atoms with Gasteiger partial charge in [-0.1, -0.05) is 0 Å². The molecule has 0 spiro atoms. The molecule has 1 atom stereocenters. The number of ether oxygens (including phenoxy) is 2. The second-order valence-corrected chi connectivity index (χ2v) is 4.56. The molecule has 2 aromatic rings. The second-order valence-electron chi connectivity index (χ2n) is 4.56. The van der Waals surface area contributed by atoms with Crippen LogP contribution in [0.25, 0.3) is 5.69 Å². The van der Waals surface area contributed by atoms with Crippen molar-refractivity contribution in [1.82, 2.24) is 15.1 Å². The van der Waals surface area contributed by atoms with E-state index in [2.05, 4.69) is 15.2 Å². The third-order valence-corrected chi connectivity index (χ3v) is 3.06. The maximum absolute atomic E-state index is 12.0. The van der Waals surface area contributed by atoms with E-state index in [0.717, 1.165) is 11.4 Å². The lowest BCUT2D eigenvalue weighted by atomic mass is 10.3.